The molecule has 2 aromatic rings. The number of aromatic nitrogens is 1. The third-order valence-corrected chi connectivity index (χ3v) is 6.09. The molecule has 4 rings (SSSR count). The molecule has 8 heteroatoms. The van der Waals surface area contributed by atoms with Crippen LogP contribution < -0.4 is 9.64 Å². The number of anilines is 1. The second kappa shape index (κ2) is 8.71. The Morgan fingerprint density at radius 1 is 1.28 bits per heavy atom. The highest BCUT2D eigenvalue weighted by Gasteiger charge is 2.38. The molecule has 2 atom stereocenters. The number of pyridine rings is 1. The van der Waals surface area contributed by atoms with Crippen LogP contribution in [0.15, 0.2) is 47.2 Å². The highest BCUT2D eigenvalue weighted by molar-refractivity contribution is 9.10. The van der Waals surface area contributed by atoms with Gasteiger partial charge in [-0.2, -0.15) is 0 Å². The normalized spacial score (nSPS) is 22.1. The number of rotatable bonds is 4. The summed E-state index contributed by atoms with van der Waals surface area (Å²) in [6, 6.07) is 9.32. The Hall–Kier alpha value is -2.12. The molecule has 2 aliphatic rings. The molecule has 29 heavy (non-hydrogen) atoms. The minimum absolute atomic E-state index is 0.0185. The number of piperidine rings is 1. The molecule has 152 valence electrons. The van der Waals surface area contributed by atoms with Crippen molar-refractivity contribution in [2.24, 2.45) is 5.92 Å². The summed E-state index contributed by atoms with van der Waals surface area (Å²) in [6.07, 6.45) is 5.01. The average Bonchev–Trinajstić information content (AvgIpc) is 3.11. The van der Waals surface area contributed by atoms with Crippen LogP contribution in [0.5, 0.6) is 5.75 Å². The largest absolute Gasteiger partial charge is 0.487 e. The first-order valence-electron chi connectivity index (χ1n) is 9.62. The van der Waals surface area contributed by atoms with Crippen LogP contribution >= 0.6 is 27.5 Å². The highest BCUT2D eigenvalue weighted by atomic mass is 79.9. The zero-order valence-corrected chi connectivity index (χ0v) is 18.1. The van der Waals surface area contributed by atoms with E-state index in [0.29, 0.717) is 30.4 Å². The van der Waals surface area contributed by atoms with E-state index in [0.717, 1.165) is 23.0 Å². The fraction of sp³-hybridized carbons (Fsp3) is 0.381. The monoisotopic (exact) mass is 477 g/mol. The number of nitrogens with zero attached hydrogens (tertiary/aromatic N) is 3. The molecule has 0 bridgehead atoms. The van der Waals surface area contributed by atoms with Gasteiger partial charge < -0.3 is 14.5 Å². The van der Waals surface area contributed by atoms with Crippen LogP contribution in [0.2, 0.25) is 5.02 Å². The first-order valence-corrected chi connectivity index (χ1v) is 10.8. The number of hydrogen-bond donors (Lipinski definition) is 0. The van der Waals surface area contributed by atoms with Crippen molar-refractivity contribution in [3.05, 3.63) is 52.2 Å². The van der Waals surface area contributed by atoms with Gasteiger partial charge >= 0.3 is 0 Å². The fourth-order valence-corrected chi connectivity index (χ4v) is 4.45. The van der Waals surface area contributed by atoms with E-state index >= 15 is 0 Å². The highest BCUT2D eigenvalue weighted by Crippen LogP contribution is 2.30. The maximum absolute atomic E-state index is 13.1. The summed E-state index contributed by atoms with van der Waals surface area (Å²) in [4.78, 5) is 33.1. The van der Waals surface area contributed by atoms with Crippen LogP contribution in [0, 0.1) is 5.92 Å². The van der Waals surface area contributed by atoms with E-state index in [4.69, 9.17) is 16.3 Å². The predicted molar refractivity (Wildman–Crippen MR) is 114 cm³/mol. The zero-order valence-electron chi connectivity index (χ0n) is 15.8. The Labute approximate surface area is 182 Å². The van der Waals surface area contributed by atoms with Crippen LogP contribution in [-0.2, 0) is 9.59 Å². The molecule has 2 amide bonds. The number of hydrogen-bond acceptors (Lipinski definition) is 4. The second-order valence-electron chi connectivity index (χ2n) is 7.36. The Bertz CT molecular complexity index is 926. The van der Waals surface area contributed by atoms with E-state index in [1.807, 2.05) is 29.2 Å². The van der Waals surface area contributed by atoms with Gasteiger partial charge in [-0.3, -0.25) is 14.6 Å². The van der Waals surface area contributed by atoms with E-state index in [2.05, 4.69) is 20.9 Å². The van der Waals surface area contributed by atoms with Crippen molar-refractivity contribution in [3.8, 4) is 5.75 Å². The van der Waals surface area contributed by atoms with Crippen molar-refractivity contribution >= 4 is 45.0 Å². The zero-order chi connectivity index (χ0) is 20.4. The second-order valence-corrected chi connectivity index (χ2v) is 8.68. The summed E-state index contributed by atoms with van der Waals surface area (Å²) in [5.41, 5.74) is 0.812. The lowest BCUT2D eigenvalue weighted by Gasteiger charge is -2.34. The van der Waals surface area contributed by atoms with Crippen LogP contribution in [0.4, 0.5) is 5.69 Å². The molecule has 3 heterocycles. The molecular formula is C21H21BrClN3O3. The molecule has 0 saturated carbocycles. The number of carbonyl (C=O) groups excluding carboxylic acids is 2. The standard InChI is InChI=1S/C21H21BrClN3O3/c22-15-3-1-4-16(10-15)26-12-14(9-20(26)27)21(28)25-8-2-5-17(13-25)29-19-6-7-24-11-18(19)23/h1,3-4,6-7,10-11,14,17H,2,5,8-9,12-13H2. The van der Waals surface area contributed by atoms with Crippen molar-refractivity contribution in [1.82, 2.24) is 9.88 Å². The number of amides is 2. The quantitative estimate of drug-likeness (QED) is 0.668. The van der Waals surface area contributed by atoms with Crippen molar-refractivity contribution < 1.29 is 14.3 Å². The molecule has 1 aromatic heterocycles. The molecule has 2 fully saturated rings. The number of ether oxygens (including phenoxy) is 1. The molecule has 6 nitrogen and oxygen atoms in total. The van der Waals surface area contributed by atoms with Crippen LogP contribution in [0.25, 0.3) is 0 Å². The topological polar surface area (TPSA) is 62.7 Å². The van der Waals surface area contributed by atoms with Gasteiger partial charge in [0.05, 0.1) is 12.5 Å². The van der Waals surface area contributed by atoms with Gasteiger partial charge in [-0.15, -0.1) is 0 Å². The molecule has 2 unspecified atom stereocenters. The lowest BCUT2D eigenvalue weighted by atomic mass is 10.0. The third-order valence-electron chi connectivity index (χ3n) is 5.31. The minimum atomic E-state index is -0.329. The summed E-state index contributed by atoms with van der Waals surface area (Å²) in [7, 11) is 0. The van der Waals surface area contributed by atoms with Gasteiger partial charge in [-0.1, -0.05) is 33.6 Å². The smallest absolute Gasteiger partial charge is 0.228 e. The van der Waals surface area contributed by atoms with Crippen LogP contribution in [0.1, 0.15) is 19.3 Å². The number of benzene rings is 1. The van der Waals surface area contributed by atoms with Crippen molar-refractivity contribution in [2.45, 2.75) is 25.4 Å². The lowest BCUT2D eigenvalue weighted by molar-refractivity contribution is -0.138. The summed E-state index contributed by atoms with van der Waals surface area (Å²) < 4.78 is 6.91. The Balaban J connectivity index is 1.40. The Kier molecular flexibility index (Phi) is 6.06. The summed E-state index contributed by atoms with van der Waals surface area (Å²) in [6.45, 7) is 1.59. The van der Waals surface area contributed by atoms with Gasteiger partial charge in [0.1, 0.15) is 16.9 Å². The summed E-state index contributed by atoms with van der Waals surface area (Å²) >= 11 is 9.57. The van der Waals surface area contributed by atoms with E-state index in [1.165, 1.54) is 0 Å². The van der Waals surface area contributed by atoms with Gasteiger partial charge in [-0.05, 0) is 31.0 Å². The van der Waals surface area contributed by atoms with Gasteiger partial charge in [0.2, 0.25) is 11.8 Å². The molecule has 1 aromatic carbocycles. The first-order chi connectivity index (χ1) is 14.0. The van der Waals surface area contributed by atoms with E-state index in [1.54, 1.807) is 23.4 Å². The van der Waals surface area contributed by atoms with Gasteiger partial charge in [-0.25, -0.2) is 0 Å². The van der Waals surface area contributed by atoms with Gasteiger partial charge in [0.25, 0.3) is 0 Å². The first kappa shape index (κ1) is 20.2. The molecule has 0 N–H and O–H groups in total. The predicted octanol–water partition coefficient (Wildman–Crippen LogP) is 3.92. The molecule has 2 aliphatic heterocycles. The molecule has 2 saturated heterocycles. The Morgan fingerprint density at radius 2 is 2.14 bits per heavy atom. The maximum Gasteiger partial charge on any atom is 0.228 e. The van der Waals surface area contributed by atoms with Crippen molar-refractivity contribution in [3.63, 3.8) is 0 Å². The number of halogens is 2. The number of likely N-dealkylation sites (tertiary alicyclic amines) is 1. The lowest BCUT2D eigenvalue weighted by Crippen LogP contribution is -2.47. The fourth-order valence-electron chi connectivity index (χ4n) is 3.90. The van der Waals surface area contributed by atoms with Crippen LogP contribution in [-0.4, -0.2) is 47.4 Å². The van der Waals surface area contributed by atoms with Crippen molar-refractivity contribution in [2.75, 3.05) is 24.5 Å². The van der Waals surface area contributed by atoms with Gasteiger partial charge in [0, 0.05) is 48.1 Å². The SMILES string of the molecule is O=C(C1CC(=O)N(c2cccc(Br)c2)C1)N1CCCC(Oc2ccncc2Cl)C1. The molecule has 0 spiro atoms. The minimum Gasteiger partial charge on any atom is -0.487 e. The summed E-state index contributed by atoms with van der Waals surface area (Å²) in [5.74, 6) is 0.252. The van der Waals surface area contributed by atoms with Crippen molar-refractivity contribution in [1.29, 1.82) is 0 Å². The van der Waals surface area contributed by atoms with E-state index in [-0.39, 0.29) is 30.3 Å². The molecule has 0 aliphatic carbocycles. The maximum atomic E-state index is 13.1. The number of carbonyl (C=O) groups is 2. The van der Waals surface area contributed by atoms with Crippen LogP contribution in [0.3, 0.4) is 0 Å². The summed E-state index contributed by atoms with van der Waals surface area (Å²) in [5, 5.41) is 0.460. The van der Waals surface area contributed by atoms with Gasteiger partial charge in [0.15, 0.2) is 0 Å². The average molecular weight is 479 g/mol. The van der Waals surface area contributed by atoms with E-state index < -0.39 is 0 Å². The molecule has 0 radical (unpaired) electrons. The van der Waals surface area contributed by atoms with E-state index in [9.17, 15) is 9.59 Å². The third kappa shape index (κ3) is 4.56. The Morgan fingerprint density at radius 3 is 2.93 bits per heavy atom. The molecular weight excluding hydrogens is 458 g/mol.